The Labute approximate surface area is 124 Å². The third-order valence-corrected chi connectivity index (χ3v) is 3.74. The third kappa shape index (κ3) is 2.73. The molecule has 1 saturated carbocycles. The highest BCUT2D eigenvalue weighted by Crippen LogP contribution is 2.67. The molecule has 6 heteroatoms. The number of carbonyl (C=O) groups is 3. The molecule has 1 aliphatic rings. The largest absolute Gasteiger partial charge is 0.465 e. The molecule has 0 N–H and O–H groups in total. The minimum atomic E-state index is -1.51. The number of hydrogen-bond acceptors (Lipinski definition) is 6. The molecule has 2 atom stereocenters. The first-order valence-corrected chi connectivity index (χ1v) is 6.78. The molecule has 21 heavy (non-hydrogen) atoms. The summed E-state index contributed by atoms with van der Waals surface area (Å²) in [4.78, 5) is 35.6. The Morgan fingerprint density at radius 2 is 1.67 bits per heavy atom. The third-order valence-electron chi connectivity index (χ3n) is 3.74. The Morgan fingerprint density at radius 1 is 1.19 bits per heavy atom. The zero-order valence-corrected chi connectivity index (χ0v) is 12.7. The summed E-state index contributed by atoms with van der Waals surface area (Å²) in [6, 6.07) is 0. The summed E-state index contributed by atoms with van der Waals surface area (Å²) < 4.78 is 15.0. The first kappa shape index (κ1) is 17.0. The fraction of sp³-hybridized carbons (Fsp3) is 0.667. The van der Waals surface area contributed by atoms with Crippen LogP contribution in [0.1, 0.15) is 34.1 Å². The normalized spacial score (nSPS) is 23.4. The van der Waals surface area contributed by atoms with Gasteiger partial charge in [-0.2, -0.15) is 0 Å². The predicted octanol–water partition coefficient (Wildman–Crippen LogP) is 1.07. The fourth-order valence-electron chi connectivity index (χ4n) is 2.54. The molecule has 6 nitrogen and oxygen atoms in total. The van der Waals surface area contributed by atoms with Crippen molar-refractivity contribution in [2.24, 2.45) is 10.8 Å². The van der Waals surface area contributed by atoms with E-state index in [9.17, 15) is 14.4 Å². The predicted molar refractivity (Wildman–Crippen MR) is 72.8 cm³/mol. The molecule has 0 aliphatic heterocycles. The van der Waals surface area contributed by atoms with Gasteiger partial charge in [0, 0.05) is 12.3 Å². The molecule has 1 fully saturated rings. The Bertz CT molecular complexity index is 471. The van der Waals surface area contributed by atoms with E-state index in [0.717, 1.165) is 0 Å². The van der Waals surface area contributed by atoms with Crippen LogP contribution in [0.25, 0.3) is 0 Å². The lowest BCUT2D eigenvalue weighted by atomic mass is 9.89. The highest BCUT2D eigenvalue weighted by Gasteiger charge is 2.79. The van der Waals surface area contributed by atoms with Crippen LogP contribution in [0.2, 0.25) is 0 Å². The van der Waals surface area contributed by atoms with Gasteiger partial charge in [0.1, 0.15) is 0 Å². The zero-order valence-electron chi connectivity index (χ0n) is 12.7. The molecule has 0 heterocycles. The van der Waals surface area contributed by atoms with Crippen LogP contribution in [0.5, 0.6) is 0 Å². The quantitative estimate of drug-likeness (QED) is 0.316. The van der Waals surface area contributed by atoms with E-state index < -0.39 is 34.8 Å². The van der Waals surface area contributed by atoms with Gasteiger partial charge in [0.25, 0.3) is 0 Å². The molecule has 2 unspecified atom stereocenters. The van der Waals surface area contributed by atoms with Gasteiger partial charge in [-0.1, -0.05) is 12.8 Å². The van der Waals surface area contributed by atoms with E-state index in [1.165, 1.54) is 6.92 Å². The van der Waals surface area contributed by atoms with Crippen molar-refractivity contribution in [1.82, 2.24) is 0 Å². The van der Waals surface area contributed by atoms with E-state index in [1.54, 1.807) is 20.8 Å². The summed E-state index contributed by atoms with van der Waals surface area (Å²) >= 11 is 0. The molecule has 116 valence electrons. The Hall–Kier alpha value is -2.03. The van der Waals surface area contributed by atoms with Gasteiger partial charge in [-0.25, -0.2) is 0 Å². The van der Waals surface area contributed by atoms with Gasteiger partial charge in [0.15, 0.2) is 11.5 Å². The molecular formula is C15H20O6. The van der Waals surface area contributed by atoms with Crippen LogP contribution < -0.4 is 0 Å². The van der Waals surface area contributed by atoms with Gasteiger partial charge in [0.05, 0.1) is 13.2 Å². The lowest BCUT2D eigenvalue weighted by molar-refractivity contribution is -0.169. The molecule has 0 bridgehead atoms. The number of carbonyl (C=O) groups excluding carboxylic acids is 3. The SMILES string of the molecule is C#CC(OC(C)=O)C1(C)CC1(C(=O)OCC)C(=O)OCC. The molecule has 1 aliphatic carbocycles. The minimum absolute atomic E-state index is 0.125. The smallest absolute Gasteiger partial charge is 0.324 e. The van der Waals surface area contributed by atoms with Crippen LogP contribution in [-0.2, 0) is 28.6 Å². The second kappa shape index (κ2) is 6.17. The summed E-state index contributed by atoms with van der Waals surface area (Å²) in [5.74, 6) is 0.358. The van der Waals surface area contributed by atoms with Crippen molar-refractivity contribution < 1.29 is 28.6 Å². The summed E-state index contributed by atoms with van der Waals surface area (Å²) in [7, 11) is 0. The van der Waals surface area contributed by atoms with Crippen LogP contribution in [0, 0.1) is 23.2 Å². The average molecular weight is 296 g/mol. The van der Waals surface area contributed by atoms with Crippen molar-refractivity contribution in [3.05, 3.63) is 0 Å². The maximum Gasteiger partial charge on any atom is 0.324 e. The minimum Gasteiger partial charge on any atom is -0.465 e. The van der Waals surface area contributed by atoms with Crippen LogP contribution in [0.3, 0.4) is 0 Å². The van der Waals surface area contributed by atoms with Gasteiger partial charge in [-0.05, 0) is 20.3 Å². The topological polar surface area (TPSA) is 78.9 Å². The highest BCUT2D eigenvalue weighted by molar-refractivity contribution is 6.05. The van der Waals surface area contributed by atoms with Crippen LogP contribution in [0.4, 0.5) is 0 Å². The molecule has 0 aromatic carbocycles. The Morgan fingerprint density at radius 3 is 2.00 bits per heavy atom. The maximum absolute atomic E-state index is 12.2. The summed E-state index contributed by atoms with van der Waals surface area (Å²) in [5.41, 5.74) is -2.53. The molecule has 0 aromatic rings. The summed E-state index contributed by atoms with van der Waals surface area (Å²) in [6.45, 7) is 6.37. The second-order valence-electron chi connectivity index (χ2n) is 5.10. The van der Waals surface area contributed by atoms with Crippen LogP contribution >= 0.6 is 0 Å². The fourth-order valence-corrected chi connectivity index (χ4v) is 2.54. The maximum atomic E-state index is 12.2. The molecule has 0 saturated heterocycles. The van der Waals surface area contributed by atoms with E-state index in [2.05, 4.69) is 5.92 Å². The molecule has 0 amide bonds. The van der Waals surface area contributed by atoms with Crippen molar-refractivity contribution >= 4 is 17.9 Å². The number of ether oxygens (including phenoxy) is 3. The Kier molecular flexibility index (Phi) is 5.00. The first-order valence-electron chi connectivity index (χ1n) is 6.78. The van der Waals surface area contributed by atoms with Gasteiger partial charge in [-0.15, -0.1) is 6.42 Å². The number of hydrogen-bond donors (Lipinski definition) is 0. The molecule has 0 aromatic heterocycles. The van der Waals surface area contributed by atoms with E-state index >= 15 is 0 Å². The standard InChI is InChI=1S/C15H20O6/c1-6-11(21-10(4)16)14(5)9-15(14,12(17)19-7-2)13(18)20-8-3/h1,11H,7-9H2,2-5H3. The highest BCUT2D eigenvalue weighted by atomic mass is 16.6. The van der Waals surface area contributed by atoms with E-state index in [0.29, 0.717) is 0 Å². The van der Waals surface area contributed by atoms with Gasteiger partial charge in [-0.3, -0.25) is 14.4 Å². The van der Waals surface area contributed by atoms with Crippen molar-refractivity contribution in [1.29, 1.82) is 0 Å². The summed E-state index contributed by atoms with van der Waals surface area (Å²) in [6.07, 6.45) is 4.51. The zero-order chi connectivity index (χ0) is 16.3. The lowest BCUT2D eigenvalue weighted by Crippen LogP contribution is -2.39. The monoisotopic (exact) mass is 296 g/mol. The van der Waals surface area contributed by atoms with Crippen LogP contribution in [-0.4, -0.2) is 37.2 Å². The molecule has 0 radical (unpaired) electrons. The molecular weight excluding hydrogens is 276 g/mol. The van der Waals surface area contributed by atoms with Crippen molar-refractivity contribution in [2.75, 3.05) is 13.2 Å². The average Bonchev–Trinajstić information content (AvgIpc) is 3.05. The van der Waals surface area contributed by atoms with Crippen molar-refractivity contribution in [2.45, 2.75) is 40.2 Å². The Balaban J connectivity index is 3.13. The first-order chi connectivity index (χ1) is 9.80. The summed E-state index contributed by atoms with van der Waals surface area (Å²) in [5, 5.41) is 0. The number of esters is 3. The second-order valence-corrected chi connectivity index (χ2v) is 5.10. The van der Waals surface area contributed by atoms with Gasteiger partial charge < -0.3 is 14.2 Å². The van der Waals surface area contributed by atoms with Crippen molar-refractivity contribution in [3.8, 4) is 12.3 Å². The van der Waals surface area contributed by atoms with Crippen molar-refractivity contribution in [3.63, 3.8) is 0 Å². The van der Waals surface area contributed by atoms with Gasteiger partial charge in [0.2, 0.25) is 0 Å². The number of rotatable bonds is 6. The van der Waals surface area contributed by atoms with Gasteiger partial charge >= 0.3 is 17.9 Å². The lowest BCUT2D eigenvalue weighted by Gasteiger charge is -2.24. The molecule has 0 spiro atoms. The van der Waals surface area contributed by atoms with E-state index in [1.807, 2.05) is 0 Å². The van der Waals surface area contributed by atoms with Crippen LogP contribution in [0.15, 0.2) is 0 Å². The van der Waals surface area contributed by atoms with E-state index in [-0.39, 0.29) is 19.6 Å². The number of terminal acetylenes is 1. The van der Waals surface area contributed by atoms with E-state index in [4.69, 9.17) is 20.6 Å². The molecule has 1 rings (SSSR count).